The minimum atomic E-state index is 0.217. The van der Waals surface area contributed by atoms with Crippen LogP contribution < -0.4 is 4.74 Å². The second-order valence-electron chi connectivity index (χ2n) is 4.26. The number of hydrogen-bond acceptors (Lipinski definition) is 4. The van der Waals surface area contributed by atoms with Gasteiger partial charge in [-0.15, -0.1) is 0 Å². The Labute approximate surface area is 134 Å². The van der Waals surface area contributed by atoms with Crippen LogP contribution in [0.4, 0.5) is 0 Å². The van der Waals surface area contributed by atoms with Crippen LogP contribution >= 0.6 is 27.5 Å². The van der Waals surface area contributed by atoms with Crippen molar-refractivity contribution >= 4 is 27.5 Å². The molecule has 3 rings (SSSR count). The highest BCUT2D eigenvalue weighted by Crippen LogP contribution is 2.21. The first-order chi connectivity index (χ1) is 10.2. The maximum absolute atomic E-state index is 5.94. The molecule has 0 unspecified atom stereocenters. The summed E-state index contributed by atoms with van der Waals surface area (Å²) >= 11 is 9.31. The molecule has 0 aliphatic rings. The fourth-order valence-electron chi connectivity index (χ4n) is 1.73. The first kappa shape index (κ1) is 14.1. The fraction of sp³-hybridized carbons (Fsp3) is 0.0667. The van der Waals surface area contributed by atoms with E-state index < -0.39 is 0 Å². The van der Waals surface area contributed by atoms with Gasteiger partial charge in [0.05, 0.1) is 0 Å². The van der Waals surface area contributed by atoms with Gasteiger partial charge in [-0.25, -0.2) is 0 Å². The van der Waals surface area contributed by atoms with Crippen LogP contribution in [0.25, 0.3) is 11.4 Å². The Morgan fingerprint density at radius 2 is 1.95 bits per heavy atom. The van der Waals surface area contributed by atoms with E-state index in [9.17, 15) is 0 Å². The van der Waals surface area contributed by atoms with Gasteiger partial charge in [-0.1, -0.05) is 44.8 Å². The van der Waals surface area contributed by atoms with Crippen molar-refractivity contribution in [3.8, 4) is 17.1 Å². The molecule has 0 saturated carbocycles. The topological polar surface area (TPSA) is 48.2 Å². The molecule has 0 atom stereocenters. The maximum Gasteiger partial charge on any atom is 0.264 e. The predicted octanol–water partition coefficient (Wildman–Crippen LogP) is 4.73. The SMILES string of the molecule is Clc1cccc(-c2noc(COc3ccc(Br)cc3)n2)c1. The molecule has 0 spiro atoms. The summed E-state index contributed by atoms with van der Waals surface area (Å²) in [6, 6.07) is 14.8. The number of nitrogens with zero attached hydrogens (tertiary/aromatic N) is 2. The molecule has 3 aromatic rings. The molecule has 4 nitrogen and oxygen atoms in total. The van der Waals surface area contributed by atoms with Crippen molar-refractivity contribution in [2.75, 3.05) is 0 Å². The quantitative estimate of drug-likeness (QED) is 0.670. The van der Waals surface area contributed by atoms with Crippen molar-refractivity contribution in [3.63, 3.8) is 0 Å². The Morgan fingerprint density at radius 3 is 2.71 bits per heavy atom. The van der Waals surface area contributed by atoms with E-state index in [-0.39, 0.29) is 6.61 Å². The third-order valence-corrected chi connectivity index (χ3v) is 3.49. The number of halogens is 2. The van der Waals surface area contributed by atoms with Gasteiger partial charge in [0.1, 0.15) is 5.75 Å². The third kappa shape index (κ3) is 3.62. The molecule has 21 heavy (non-hydrogen) atoms. The zero-order chi connectivity index (χ0) is 14.7. The molecular weight excluding hydrogens is 356 g/mol. The van der Waals surface area contributed by atoms with Gasteiger partial charge < -0.3 is 9.26 Å². The normalized spacial score (nSPS) is 10.6. The molecule has 0 N–H and O–H groups in total. The van der Waals surface area contributed by atoms with Gasteiger partial charge in [0.2, 0.25) is 5.82 Å². The largest absolute Gasteiger partial charge is 0.484 e. The van der Waals surface area contributed by atoms with Crippen LogP contribution in [0.1, 0.15) is 5.89 Å². The average molecular weight is 366 g/mol. The van der Waals surface area contributed by atoms with Crippen molar-refractivity contribution in [1.29, 1.82) is 0 Å². The van der Waals surface area contributed by atoms with E-state index in [0.717, 1.165) is 15.8 Å². The Balaban J connectivity index is 1.69. The molecule has 106 valence electrons. The highest BCUT2D eigenvalue weighted by Gasteiger charge is 2.09. The second-order valence-corrected chi connectivity index (χ2v) is 5.62. The van der Waals surface area contributed by atoms with Crippen LogP contribution in [0, 0.1) is 0 Å². The standard InChI is InChI=1S/C15H10BrClN2O2/c16-11-4-6-13(7-5-11)20-9-14-18-15(19-21-14)10-2-1-3-12(17)8-10/h1-8H,9H2. The second kappa shape index (κ2) is 6.28. The van der Waals surface area contributed by atoms with Gasteiger partial charge in [0.25, 0.3) is 5.89 Å². The molecule has 1 aromatic heterocycles. The Hall–Kier alpha value is -1.85. The van der Waals surface area contributed by atoms with Crippen LogP contribution in [-0.4, -0.2) is 10.1 Å². The molecule has 0 aliphatic carbocycles. The van der Waals surface area contributed by atoms with Crippen LogP contribution in [0.15, 0.2) is 57.5 Å². The Kier molecular flexibility index (Phi) is 4.22. The Bertz CT molecular complexity index is 743. The summed E-state index contributed by atoms with van der Waals surface area (Å²) in [5, 5.41) is 4.55. The molecule has 1 heterocycles. The summed E-state index contributed by atoms with van der Waals surface area (Å²) < 4.78 is 11.7. The number of aromatic nitrogens is 2. The highest BCUT2D eigenvalue weighted by atomic mass is 79.9. The molecule has 0 saturated heterocycles. The predicted molar refractivity (Wildman–Crippen MR) is 83.2 cm³/mol. The summed E-state index contributed by atoms with van der Waals surface area (Å²) in [6.07, 6.45) is 0. The molecule has 0 radical (unpaired) electrons. The lowest BCUT2D eigenvalue weighted by Gasteiger charge is -2.02. The Morgan fingerprint density at radius 1 is 1.14 bits per heavy atom. The number of benzene rings is 2. The maximum atomic E-state index is 5.94. The van der Waals surface area contributed by atoms with Crippen LogP contribution in [0.3, 0.4) is 0 Å². The lowest BCUT2D eigenvalue weighted by molar-refractivity contribution is 0.243. The molecule has 2 aromatic carbocycles. The minimum Gasteiger partial charge on any atom is -0.484 e. The first-order valence-electron chi connectivity index (χ1n) is 6.17. The zero-order valence-corrected chi connectivity index (χ0v) is 13.1. The van der Waals surface area contributed by atoms with Crippen LogP contribution in [-0.2, 0) is 6.61 Å². The summed E-state index contributed by atoms with van der Waals surface area (Å²) in [5.41, 5.74) is 0.807. The van der Waals surface area contributed by atoms with E-state index in [4.69, 9.17) is 20.9 Å². The van der Waals surface area contributed by atoms with Crippen molar-refractivity contribution in [2.24, 2.45) is 0 Å². The fourth-order valence-corrected chi connectivity index (χ4v) is 2.19. The molecule has 0 fully saturated rings. The van der Waals surface area contributed by atoms with Gasteiger partial charge in [-0.3, -0.25) is 0 Å². The summed E-state index contributed by atoms with van der Waals surface area (Å²) in [7, 11) is 0. The third-order valence-electron chi connectivity index (χ3n) is 2.73. The van der Waals surface area contributed by atoms with Gasteiger partial charge >= 0.3 is 0 Å². The highest BCUT2D eigenvalue weighted by molar-refractivity contribution is 9.10. The van der Waals surface area contributed by atoms with Crippen molar-refractivity contribution in [3.05, 3.63) is 63.9 Å². The van der Waals surface area contributed by atoms with E-state index in [0.29, 0.717) is 16.7 Å². The van der Waals surface area contributed by atoms with Crippen molar-refractivity contribution < 1.29 is 9.26 Å². The van der Waals surface area contributed by atoms with Gasteiger partial charge in [0, 0.05) is 15.1 Å². The number of ether oxygens (including phenoxy) is 1. The monoisotopic (exact) mass is 364 g/mol. The van der Waals surface area contributed by atoms with Crippen molar-refractivity contribution in [1.82, 2.24) is 10.1 Å². The van der Waals surface area contributed by atoms with Gasteiger partial charge in [-0.2, -0.15) is 4.98 Å². The number of rotatable bonds is 4. The first-order valence-corrected chi connectivity index (χ1v) is 7.35. The molecule has 6 heteroatoms. The van der Waals surface area contributed by atoms with E-state index in [1.54, 1.807) is 12.1 Å². The van der Waals surface area contributed by atoms with Crippen LogP contribution in [0.5, 0.6) is 5.75 Å². The summed E-state index contributed by atoms with van der Waals surface area (Å²) in [4.78, 5) is 4.28. The lowest BCUT2D eigenvalue weighted by atomic mass is 10.2. The molecule has 0 amide bonds. The zero-order valence-electron chi connectivity index (χ0n) is 10.8. The van der Waals surface area contributed by atoms with Gasteiger partial charge in [0.15, 0.2) is 6.61 Å². The van der Waals surface area contributed by atoms with E-state index in [1.807, 2.05) is 36.4 Å². The molecular formula is C15H10BrClN2O2. The molecule has 0 aliphatic heterocycles. The van der Waals surface area contributed by atoms with Gasteiger partial charge in [-0.05, 0) is 36.4 Å². The lowest BCUT2D eigenvalue weighted by Crippen LogP contribution is -1.95. The van der Waals surface area contributed by atoms with E-state index >= 15 is 0 Å². The van der Waals surface area contributed by atoms with Crippen LogP contribution in [0.2, 0.25) is 5.02 Å². The molecule has 0 bridgehead atoms. The smallest absolute Gasteiger partial charge is 0.264 e. The summed E-state index contributed by atoms with van der Waals surface area (Å²) in [5.74, 6) is 1.64. The van der Waals surface area contributed by atoms with E-state index in [2.05, 4.69) is 26.1 Å². The van der Waals surface area contributed by atoms with E-state index in [1.165, 1.54) is 0 Å². The minimum absolute atomic E-state index is 0.217. The van der Waals surface area contributed by atoms with Crippen molar-refractivity contribution in [2.45, 2.75) is 6.61 Å². The summed E-state index contributed by atoms with van der Waals surface area (Å²) in [6.45, 7) is 0.217. The number of hydrogen-bond donors (Lipinski definition) is 0. The average Bonchev–Trinajstić information content (AvgIpc) is 2.96.